The first-order chi connectivity index (χ1) is 16.2. The molecule has 0 fully saturated rings. The van der Waals surface area contributed by atoms with E-state index in [1.54, 1.807) is 15.8 Å². The number of aryl methyl sites for hydroxylation is 1. The van der Waals surface area contributed by atoms with E-state index in [0.29, 0.717) is 37.0 Å². The first-order valence-corrected chi connectivity index (χ1v) is 11.1. The number of carbonyl (C=O) groups excluding carboxylic acids is 1. The van der Waals surface area contributed by atoms with Crippen LogP contribution in [0, 0.1) is 6.92 Å². The van der Waals surface area contributed by atoms with E-state index in [9.17, 15) is 4.79 Å². The summed E-state index contributed by atoms with van der Waals surface area (Å²) in [6.45, 7) is 5.21. The van der Waals surface area contributed by atoms with Crippen LogP contribution in [-0.4, -0.2) is 27.3 Å². The molecule has 4 rings (SSSR count). The Morgan fingerprint density at radius 3 is 2.42 bits per heavy atom. The molecule has 33 heavy (non-hydrogen) atoms. The van der Waals surface area contributed by atoms with Crippen LogP contribution in [0.25, 0.3) is 5.69 Å². The van der Waals surface area contributed by atoms with E-state index in [-0.39, 0.29) is 6.03 Å². The average molecular weight is 445 g/mol. The van der Waals surface area contributed by atoms with Crippen LogP contribution in [0.1, 0.15) is 30.4 Å². The summed E-state index contributed by atoms with van der Waals surface area (Å²) in [6, 6.07) is 22.9. The van der Waals surface area contributed by atoms with Gasteiger partial charge in [-0.05, 0) is 49.7 Å². The SMILES string of the molecule is CCCNC(=O)N(Cc1ccco1)Cc1c(C)nn(-c2ccccc2)c1Oc1ccccc1. The molecule has 2 aromatic carbocycles. The summed E-state index contributed by atoms with van der Waals surface area (Å²) >= 11 is 0. The number of carbonyl (C=O) groups is 1. The molecule has 7 heteroatoms. The molecule has 1 N–H and O–H groups in total. The van der Waals surface area contributed by atoms with Crippen molar-refractivity contribution in [3.63, 3.8) is 0 Å². The third-order valence-corrected chi connectivity index (χ3v) is 5.18. The van der Waals surface area contributed by atoms with Gasteiger partial charge in [-0.1, -0.05) is 43.3 Å². The fourth-order valence-electron chi connectivity index (χ4n) is 3.49. The third-order valence-electron chi connectivity index (χ3n) is 5.18. The number of amides is 2. The number of urea groups is 1. The second kappa shape index (κ2) is 10.5. The van der Waals surface area contributed by atoms with E-state index in [4.69, 9.17) is 14.3 Å². The standard InChI is InChI=1S/C26H28N4O3/c1-3-16-27-26(31)29(18-23-15-10-17-32-23)19-24-20(2)28-30(21-11-6-4-7-12-21)25(24)33-22-13-8-5-9-14-22/h4-15,17H,3,16,18-19H2,1-2H3,(H,27,31). The van der Waals surface area contributed by atoms with Crippen molar-refractivity contribution < 1.29 is 13.9 Å². The minimum absolute atomic E-state index is 0.161. The molecule has 0 unspecified atom stereocenters. The second-order valence-corrected chi connectivity index (χ2v) is 7.70. The number of nitrogens with zero attached hydrogens (tertiary/aromatic N) is 3. The molecule has 7 nitrogen and oxygen atoms in total. The predicted molar refractivity (Wildman–Crippen MR) is 126 cm³/mol. The molecule has 2 amide bonds. The van der Waals surface area contributed by atoms with Gasteiger partial charge in [0.1, 0.15) is 11.5 Å². The number of rotatable bonds is 9. The summed E-state index contributed by atoms with van der Waals surface area (Å²) in [5.74, 6) is 1.99. The lowest BCUT2D eigenvalue weighted by molar-refractivity contribution is 0.186. The summed E-state index contributed by atoms with van der Waals surface area (Å²) in [7, 11) is 0. The molecule has 0 aliphatic carbocycles. The maximum absolute atomic E-state index is 13.0. The van der Waals surface area contributed by atoms with Gasteiger partial charge in [0.2, 0.25) is 5.88 Å². The van der Waals surface area contributed by atoms with Crippen LogP contribution in [0.4, 0.5) is 4.79 Å². The third kappa shape index (κ3) is 5.44. The number of ether oxygens (including phenoxy) is 1. The minimum atomic E-state index is -0.161. The van der Waals surface area contributed by atoms with E-state index in [0.717, 1.165) is 23.4 Å². The fraction of sp³-hybridized carbons (Fsp3) is 0.231. The molecule has 0 aliphatic heterocycles. The van der Waals surface area contributed by atoms with Crippen molar-refractivity contribution in [2.45, 2.75) is 33.4 Å². The quantitative estimate of drug-likeness (QED) is 0.360. The van der Waals surface area contributed by atoms with Crippen LogP contribution < -0.4 is 10.1 Å². The smallest absolute Gasteiger partial charge is 0.318 e. The van der Waals surface area contributed by atoms with Gasteiger partial charge in [-0.15, -0.1) is 0 Å². The van der Waals surface area contributed by atoms with Crippen molar-refractivity contribution in [3.05, 3.63) is 96.1 Å². The van der Waals surface area contributed by atoms with Gasteiger partial charge >= 0.3 is 6.03 Å². The highest BCUT2D eigenvalue weighted by Gasteiger charge is 2.24. The van der Waals surface area contributed by atoms with Gasteiger partial charge in [-0.3, -0.25) is 0 Å². The molecule has 0 saturated heterocycles. The largest absolute Gasteiger partial charge is 0.467 e. The van der Waals surface area contributed by atoms with E-state index in [2.05, 4.69) is 5.32 Å². The van der Waals surface area contributed by atoms with E-state index >= 15 is 0 Å². The molecule has 170 valence electrons. The van der Waals surface area contributed by atoms with Crippen LogP contribution in [0.5, 0.6) is 11.6 Å². The van der Waals surface area contributed by atoms with Crippen molar-refractivity contribution in [2.24, 2.45) is 0 Å². The zero-order chi connectivity index (χ0) is 23.0. The summed E-state index contributed by atoms with van der Waals surface area (Å²) in [6.07, 6.45) is 2.47. The molecule has 2 aromatic heterocycles. The molecule has 2 heterocycles. The first-order valence-electron chi connectivity index (χ1n) is 11.1. The number of para-hydroxylation sites is 2. The molecule has 0 radical (unpaired) electrons. The number of benzene rings is 2. The zero-order valence-electron chi connectivity index (χ0n) is 18.9. The summed E-state index contributed by atoms with van der Waals surface area (Å²) < 4.78 is 13.6. The maximum Gasteiger partial charge on any atom is 0.318 e. The molecule has 0 saturated carbocycles. The van der Waals surface area contributed by atoms with Crippen LogP contribution >= 0.6 is 0 Å². The van der Waals surface area contributed by atoms with Gasteiger partial charge in [0.05, 0.1) is 36.3 Å². The van der Waals surface area contributed by atoms with Crippen LogP contribution in [0.3, 0.4) is 0 Å². The predicted octanol–water partition coefficient (Wildman–Crippen LogP) is 5.69. The molecule has 0 bridgehead atoms. The second-order valence-electron chi connectivity index (χ2n) is 7.70. The lowest BCUT2D eigenvalue weighted by atomic mass is 10.2. The Kier molecular flexibility index (Phi) is 7.09. The Labute approximate surface area is 193 Å². The van der Waals surface area contributed by atoms with Crippen molar-refractivity contribution in [2.75, 3.05) is 6.54 Å². The van der Waals surface area contributed by atoms with Gasteiger partial charge < -0.3 is 19.4 Å². The highest BCUT2D eigenvalue weighted by molar-refractivity contribution is 5.74. The minimum Gasteiger partial charge on any atom is -0.467 e. The lowest BCUT2D eigenvalue weighted by Crippen LogP contribution is -2.39. The van der Waals surface area contributed by atoms with Crippen molar-refractivity contribution in [1.82, 2.24) is 20.0 Å². The summed E-state index contributed by atoms with van der Waals surface area (Å²) in [5.41, 5.74) is 2.50. The van der Waals surface area contributed by atoms with Gasteiger partial charge in [-0.25, -0.2) is 9.48 Å². The van der Waals surface area contributed by atoms with Gasteiger partial charge in [-0.2, -0.15) is 5.10 Å². The van der Waals surface area contributed by atoms with E-state index in [1.807, 2.05) is 86.6 Å². The number of furan rings is 1. The topological polar surface area (TPSA) is 72.5 Å². The molecule has 0 aliphatic rings. The number of aromatic nitrogens is 2. The number of hydrogen-bond donors (Lipinski definition) is 1. The molecule has 4 aromatic rings. The Morgan fingerprint density at radius 1 is 1.03 bits per heavy atom. The lowest BCUT2D eigenvalue weighted by Gasteiger charge is -2.22. The number of nitrogens with one attached hydrogen (secondary N) is 1. The Balaban J connectivity index is 1.72. The molecule has 0 spiro atoms. The van der Waals surface area contributed by atoms with E-state index in [1.165, 1.54) is 0 Å². The number of hydrogen-bond acceptors (Lipinski definition) is 4. The Hall–Kier alpha value is -4.00. The Bertz CT molecular complexity index is 1160. The normalized spacial score (nSPS) is 10.7. The van der Waals surface area contributed by atoms with Crippen molar-refractivity contribution >= 4 is 6.03 Å². The van der Waals surface area contributed by atoms with Crippen molar-refractivity contribution in [1.29, 1.82) is 0 Å². The zero-order valence-corrected chi connectivity index (χ0v) is 18.9. The highest BCUT2D eigenvalue weighted by atomic mass is 16.5. The Morgan fingerprint density at radius 2 is 1.76 bits per heavy atom. The van der Waals surface area contributed by atoms with Gasteiger partial charge in [0.25, 0.3) is 0 Å². The van der Waals surface area contributed by atoms with Crippen LogP contribution in [-0.2, 0) is 13.1 Å². The van der Waals surface area contributed by atoms with Gasteiger partial charge in [0.15, 0.2) is 0 Å². The summed E-state index contributed by atoms with van der Waals surface area (Å²) in [5, 5.41) is 7.73. The highest BCUT2D eigenvalue weighted by Crippen LogP contribution is 2.32. The van der Waals surface area contributed by atoms with Crippen LogP contribution in [0.2, 0.25) is 0 Å². The average Bonchev–Trinajstić information content (AvgIpc) is 3.47. The van der Waals surface area contributed by atoms with Gasteiger partial charge in [0, 0.05) is 6.54 Å². The molecular weight excluding hydrogens is 416 g/mol. The first kappa shape index (κ1) is 22.2. The maximum atomic E-state index is 13.0. The molecular formula is C26H28N4O3. The monoisotopic (exact) mass is 444 g/mol. The van der Waals surface area contributed by atoms with Crippen LogP contribution in [0.15, 0.2) is 83.5 Å². The van der Waals surface area contributed by atoms with Crippen molar-refractivity contribution in [3.8, 4) is 17.3 Å². The summed E-state index contributed by atoms with van der Waals surface area (Å²) in [4.78, 5) is 14.7. The molecule has 0 atom stereocenters. The fourth-order valence-corrected chi connectivity index (χ4v) is 3.49. The van der Waals surface area contributed by atoms with E-state index < -0.39 is 0 Å².